The first kappa shape index (κ1) is 23.0. The van der Waals surface area contributed by atoms with Crippen LogP contribution in [0.2, 0.25) is 0 Å². The fraction of sp³-hybridized carbons (Fsp3) is 0.269. The van der Waals surface area contributed by atoms with Crippen molar-refractivity contribution in [1.82, 2.24) is 4.31 Å². The minimum atomic E-state index is -3.78. The maximum atomic E-state index is 13.4. The summed E-state index contributed by atoms with van der Waals surface area (Å²) in [7, 11) is -2.34. The Kier molecular flexibility index (Phi) is 7.11. The van der Waals surface area contributed by atoms with E-state index in [1.165, 1.54) is 17.5 Å². The van der Waals surface area contributed by atoms with Gasteiger partial charge < -0.3 is 10.1 Å². The van der Waals surface area contributed by atoms with Crippen molar-refractivity contribution in [2.24, 2.45) is 0 Å². The Balaban J connectivity index is 1.65. The van der Waals surface area contributed by atoms with Gasteiger partial charge in [0.15, 0.2) is 0 Å². The number of amides is 1. The third-order valence-electron chi connectivity index (χ3n) is 5.87. The van der Waals surface area contributed by atoms with E-state index >= 15 is 0 Å². The third-order valence-corrected chi connectivity index (χ3v) is 7.79. The van der Waals surface area contributed by atoms with Crippen LogP contribution in [0.25, 0.3) is 11.1 Å². The lowest BCUT2D eigenvalue weighted by Gasteiger charge is -2.21. The van der Waals surface area contributed by atoms with Crippen molar-refractivity contribution in [3.8, 4) is 16.9 Å². The number of sulfonamides is 1. The van der Waals surface area contributed by atoms with Crippen LogP contribution in [0, 0.1) is 0 Å². The van der Waals surface area contributed by atoms with Gasteiger partial charge in [0.25, 0.3) is 5.91 Å². The summed E-state index contributed by atoms with van der Waals surface area (Å²) in [6, 6.07) is 21.9. The topological polar surface area (TPSA) is 75.7 Å². The van der Waals surface area contributed by atoms with Crippen molar-refractivity contribution in [3.05, 3.63) is 78.4 Å². The quantitative estimate of drug-likeness (QED) is 0.545. The van der Waals surface area contributed by atoms with Crippen molar-refractivity contribution < 1.29 is 17.9 Å². The van der Waals surface area contributed by atoms with Crippen molar-refractivity contribution in [2.45, 2.75) is 30.6 Å². The molecule has 0 radical (unpaired) electrons. The average molecular weight is 465 g/mol. The van der Waals surface area contributed by atoms with Crippen LogP contribution >= 0.6 is 0 Å². The van der Waals surface area contributed by atoms with Gasteiger partial charge in [0.1, 0.15) is 10.6 Å². The number of ether oxygens (including phenoxy) is 1. The minimum Gasteiger partial charge on any atom is -0.495 e. The van der Waals surface area contributed by atoms with Crippen LogP contribution in [0.5, 0.6) is 5.75 Å². The smallest absolute Gasteiger partial charge is 0.255 e. The Hall–Kier alpha value is -3.16. The van der Waals surface area contributed by atoms with E-state index in [2.05, 4.69) is 5.32 Å². The van der Waals surface area contributed by atoms with Gasteiger partial charge in [0.2, 0.25) is 10.0 Å². The summed E-state index contributed by atoms with van der Waals surface area (Å²) in [5, 5.41) is 2.94. The van der Waals surface area contributed by atoms with E-state index < -0.39 is 10.0 Å². The number of hydrogen-bond donors (Lipinski definition) is 1. The maximum absolute atomic E-state index is 13.4. The van der Waals surface area contributed by atoms with Gasteiger partial charge in [-0.2, -0.15) is 4.31 Å². The maximum Gasteiger partial charge on any atom is 0.255 e. The molecule has 0 unspecified atom stereocenters. The summed E-state index contributed by atoms with van der Waals surface area (Å²) >= 11 is 0. The molecule has 4 rings (SSSR count). The van der Waals surface area contributed by atoms with Gasteiger partial charge in [-0.1, -0.05) is 61.4 Å². The molecule has 0 aromatic heterocycles. The van der Waals surface area contributed by atoms with Crippen LogP contribution in [0.4, 0.5) is 5.69 Å². The normalized spacial score (nSPS) is 14.9. The van der Waals surface area contributed by atoms with Crippen LogP contribution in [-0.4, -0.2) is 38.8 Å². The number of nitrogens with one attached hydrogen (secondary N) is 1. The molecule has 3 aromatic rings. The predicted molar refractivity (Wildman–Crippen MR) is 130 cm³/mol. The number of anilines is 1. The average Bonchev–Trinajstić information content (AvgIpc) is 3.15. The van der Waals surface area contributed by atoms with Crippen molar-refractivity contribution in [3.63, 3.8) is 0 Å². The van der Waals surface area contributed by atoms with Crippen LogP contribution < -0.4 is 10.1 Å². The molecule has 33 heavy (non-hydrogen) atoms. The van der Waals surface area contributed by atoms with Crippen molar-refractivity contribution >= 4 is 21.6 Å². The van der Waals surface area contributed by atoms with Gasteiger partial charge in [-0.15, -0.1) is 0 Å². The standard InChI is InChI=1S/C26H28N2O4S/c1-32-24-16-15-21(19-25(24)33(30,31)28-17-9-2-3-10-18-28)26(29)27-23-14-8-7-13-22(23)20-11-5-4-6-12-20/h4-8,11-16,19H,2-3,9-10,17-18H2,1H3,(H,27,29). The number of methoxy groups -OCH3 is 1. The highest BCUT2D eigenvalue weighted by atomic mass is 32.2. The van der Waals surface area contributed by atoms with Gasteiger partial charge >= 0.3 is 0 Å². The zero-order valence-corrected chi connectivity index (χ0v) is 19.5. The lowest BCUT2D eigenvalue weighted by molar-refractivity contribution is 0.102. The summed E-state index contributed by atoms with van der Waals surface area (Å²) in [5.74, 6) is -0.145. The van der Waals surface area contributed by atoms with E-state index in [-0.39, 0.29) is 22.1 Å². The molecular weight excluding hydrogens is 436 g/mol. The molecule has 0 spiro atoms. The first-order valence-electron chi connectivity index (χ1n) is 11.1. The van der Waals surface area contributed by atoms with Gasteiger partial charge in [-0.05, 0) is 42.7 Å². The molecule has 1 aliphatic rings. The Bertz CT molecular complexity index is 1220. The van der Waals surface area contributed by atoms with E-state index in [9.17, 15) is 13.2 Å². The monoisotopic (exact) mass is 464 g/mol. The Morgan fingerprint density at radius 2 is 1.55 bits per heavy atom. The zero-order chi connectivity index (χ0) is 23.3. The first-order chi connectivity index (χ1) is 16.0. The second-order valence-electron chi connectivity index (χ2n) is 8.05. The first-order valence-corrected chi connectivity index (χ1v) is 12.6. The molecule has 1 aliphatic heterocycles. The summed E-state index contributed by atoms with van der Waals surface area (Å²) in [6.07, 6.45) is 3.70. The largest absolute Gasteiger partial charge is 0.495 e. The lowest BCUT2D eigenvalue weighted by atomic mass is 10.0. The molecule has 0 aliphatic carbocycles. The molecule has 0 bridgehead atoms. The van der Waals surface area contributed by atoms with Gasteiger partial charge in [-0.25, -0.2) is 8.42 Å². The second kappa shape index (κ2) is 10.2. The molecule has 1 N–H and O–H groups in total. The number of nitrogens with zero attached hydrogens (tertiary/aromatic N) is 1. The van der Waals surface area contributed by atoms with Crippen molar-refractivity contribution in [1.29, 1.82) is 0 Å². The fourth-order valence-corrected chi connectivity index (χ4v) is 5.80. The van der Waals surface area contributed by atoms with Gasteiger partial charge in [-0.3, -0.25) is 4.79 Å². The molecule has 0 atom stereocenters. The highest BCUT2D eigenvalue weighted by Crippen LogP contribution is 2.31. The number of benzene rings is 3. The number of carbonyl (C=O) groups excluding carboxylic acids is 1. The molecule has 6 nitrogen and oxygen atoms in total. The SMILES string of the molecule is COc1ccc(C(=O)Nc2ccccc2-c2ccccc2)cc1S(=O)(=O)N1CCCCCC1. The summed E-state index contributed by atoms with van der Waals surface area (Å²) in [6.45, 7) is 0.957. The number of rotatable bonds is 6. The van der Waals surface area contributed by atoms with E-state index in [0.29, 0.717) is 18.8 Å². The Morgan fingerprint density at radius 3 is 2.24 bits per heavy atom. The molecule has 1 saturated heterocycles. The van der Waals surface area contributed by atoms with E-state index in [0.717, 1.165) is 36.8 Å². The molecular formula is C26H28N2O4S. The summed E-state index contributed by atoms with van der Waals surface area (Å²) < 4.78 is 33.7. The lowest BCUT2D eigenvalue weighted by Crippen LogP contribution is -2.32. The summed E-state index contributed by atoms with van der Waals surface area (Å²) in [4.78, 5) is 13.2. The number of para-hydroxylation sites is 1. The minimum absolute atomic E-state index is 0.0240. The Labute approximate surface area is 195 Å². The fourth-order valence-electron chi connectivity index (χ4n) is 4.10. The van der Waals surface area contributed by atoms with Crippen molar-refractivity contribution in [2.75, 3.05) is 25.5 Å². The molecule has 7 heteroatoms. The summed E-state index contributed by atoms with van der Waals surface area (Å²) in [5.41, 5.74) is 2.78. The van der Waals surface area contributed by atoms with E-state index in [1.54, 1.807) is 12.1 Å². The van der Waals surface area contributed by atoms with Crippen LogP contribution in [0.1, 0.15) is 36.0 Å². The highest BCUT2D eigenvalue weighted by Gasteiger charge is 2.29. The van der Waals surface area contributed by atoms with Gasteiger partial charge in [0, 0.05) is 29.9 Å². The van der Waals surface area contributed by atoms with Crippen LogP contribution in [-0.2, 0) is 10.0 Å². The molecule has 1 fully saturated rings. The van der Waals surface area contributed by atoms with Crippen LogP contribution in [0.3, 0.4) is 0 Å². The van der Waals surface area contributed by atoms with E-state index in [1.807, 2.05) is 54.6 Å². The van der Waals surface area contributed by atoms with E-state index in [4.69, 9.17) is 4.74 Å². The number of carbonyl (C=O) groups is 1. The number of hydrogen-bond acceptors (Lipinski definition) is 4. The molecule has 1 heterocycles. The predicted octanol–water partition coefficient (Wildman–Crippen LogP) is 5.18. The molecule has 3 aromatic carbocycles. The Morgan fingerprint density at radius 1 is 0.879 bits per heavy atom. The molecule has 0 saturated carbocycles. The van der Waals surface area contributed by atoms with Gasteiger partial charge in [0.05, 0.1) is 7.11 Å². The zero-order valence-electron chi connectivity index (χ0n) is 18.7. The second-order valence-corrected chi connectivity index (χ2v) is 9.96. The molecule has 1 amide bonds. The third kappa shape index (κ3) is 5.10. The molecule has 172 valence electrons. The van der Waals surface area contributed by atoms with Crippen LogP contribution in [0.15, 0.2) is 77.7 Å². The highest BCUT2D eigenvalue weighted by molar-refractivity contribution is 7.89.